The van der Waals surface area contributed by atoms with Crippen LogP contribution in [0.4, 0.5) is 0 Å². The monoisotopic (exact) mass is 314 g/mol. The van der Waals surface area contributed by atoms with Crippen molar-refractivity contribution in [3.8, 4) is 0 Å². The van der Waals surface area contributed by atoms with Gasteiger partial charge in [-0.15, -0.1) is 0 Å². The van der Waals surface area contributed by atoms with Crippen LogP contribution in [0.25, 0.3) is 0 Å². The maximum atomic E-state index is 11.9. The van der Waals surface area contributed by atoms with Crippen LogP contribution in [0.1, 0.15) is 53.4 Å². The highest BCUT2D eigenvalue weighted by atomic mass is 16.7. The van der Waals surface area contributed by atoms with Crippen LogP contribution in [0.15, 0.2) is 0 Å². The van der Waals surface area contributed by atoms with Crippen molar-refractivity contribution < 1.29 is 24.1 Å². The van der Waals surface area contributed by atoms with Gasteiger partial charge in [-0.05, 0) is 32.1 Å². The quantitative estimate of drug-likeness (QED) is 0.811. The molecule has 0 aromatic carbocycles. The second-order valence-electron chi connectivity index (χ2n) is 6.99. The Balaban J connectivity index is 2.19. The van der Waals surface area contributed by atoms with E-state index in [1.165, 1.54) is 7.11 Å². The van der Waals surface area contributed by atoms with Crippen molar-refractivity contribution in [3.05, 3.63) is 0 Å². The molecule has 2 heterocycles. The minimum absolute atomic E-state index is 0.196. The fourth-order valence-electron chi connectivity index (χ4n) is 3.98. The molecule has 2 rings (SSSR count). The summed E-state index contributed by atoms with van der Waals surface area (Å²) < 4.78 is 17.5. The van der Waals surface area contributed by atoms with E-state index in [9.17, 15) is 9.90 Å². The van der Waals surface area contributed by atoms with E-state index in [4.69, 9.17) is 14.2 Å². The first-order chi connectivity index (χ1) is 10.3. The van der Waals surface area contributed by atoms with E-state index in [1.807, 2.05) is 13.8 Å². The van der Waals surface area contributed by atoms with Gasteiger partial charge < -0.3 is 19.3 Å². The molecule has 2 aliphatic rings. The standard InChI is InChI=1S/C17H30O5/c1-6-14-13(18)7-8-17(21-14)11(3)9-10(2)15(22-17)12(4)16(19)20-5/h10-15,18H,6-9H2,1-5H3/t10-,11?,12+,13+,14-,15-,17-/m0/s1. The molecule has 7 atom stereocenters. The van der Waals surface area contributed by atoms with Gasteiger partial charge in [0, 0.05) is 12.3 Å². The molecule has 0 radical (unpaired) electrons. The molecule has 128 valence electrons. The molecule has 0 aromatic heterocycles. The Hall–Kier alpha value is -0.650. The summed E-state index contributed by atoms with van der Waals surface area (Å²) in [5, 5.41) is 10.1. The summed E-state index contributed by atoms with van der Waals surface area (Å²) in [5.74, 6) is -0.737. The van der Waals surface area contributed by atoms with Crippen LogP contribution in [-0.2, 0) is 19.0 Å². The first-order valence-electron chi connectivity index (χ1n) is 8.46. The van der Waals surface area contributed by atoms with E-state index in [0.29, 0.717) is 12.8 Å². The van der Waals surface area contributed by atoms with Crippen molar-refractivity contribution in [1.29, 1.82) is 0 Å². The van der Waals surface area contributed by atoms with Gasteiger partial charge in [0.05, 0.1) is 31.3 Å². The van der Waals surface area contributed by atoms with Gasteiger partial charge in [0.2, 0.25) is 0 Å². The Bertz CT molecular complexity index is 399. The van der Waals surface area contributed by atoms with Gasteiger partial charge in [0.15, 0.2) is 5.79 Å². The van der Waals surface area contributed by atoms with Crippen molar-refractivity contribution in [3.63, 3.8) is 0 Å². The van der Waals surface area contributed by atoms with Gasteiger partial charge in [0.1, 0.15) is 0 Å². The number of methoxy groups -OCH3 is 1. The van der Waals surface area contributed by atoms with Gasteiger partial charge in [-0.2, -0.15) is 0 Å². The molecule has 5 heteroatoms. The fraction of sp³-hybridized carbons (Fsp3) is 0.941. The molecule has 0 bridgehead atoms. The van der Waals surface area contributed by atoms with Crippen LogP contribution in [0.2, 0.25) is 0 Å². The Morgan fingerprint density at radius 2 is 2.09 bits per heavy atom. The maximum absolute atomic E-state index is 11.9. The van der Waals surface area contributed by atoms with Crippen molar-refractivity contribution >= 4 is 5.97 Å². The molecule has 0 aromatic rings. The van der Waals surface area contributed by atoms with Gasteiger partial charge in [-0.25, -0.2) is 0 Å². The van der Waals surface area contributed by atoms with E-state index < -0.39 is 11.9 Å². The van der Waals surface area contributed by atoms with Crippen LogP contribution < -0.4 is 0 Å². The summed E-state index contributed by atoms with van der Waals surface area (Å²) in [6, 6.07) is 0. The highest BCUT2D eigenvalue weighted by molar-refractivity contribution is 5.72. The molecular formula is C17H30O5. The van der Waals surface area contributed by atoms with E-state index in [-0.39, 0.29) is 35.9 Å². The van der Waals surface area contributed by atoms with E-state index in [1.54, 1.807) is 0 Å². The number of hydrogen-bond acceptors (Lipinski definition) is 5. The maximum Gasteiger partial charge on any atom is 0.311 e. The Morgan fingerprint density at radius 1 is 1.41 bits per heavy atom. The summed E-state index contributed by atoms with van der Waals surface area (Å²) in [4.78, 5) is 11.9. The molecule has 1 spiro atoms. The summed E-state index contributed by atoms with van der Waals surface area (Å²) in [5.41, 5.74) is 0. The van der Waals surface area contributed by atoms with Crippen LogP contribution in [-0.4, -0.2) is 42.3 Å². The lowest BCUT2D eigenvalue weighted by atomic mass is 9.77. The third kappa shape index (κ3) is 3.17. The van der Waals surface area contributed by atoms with Crippen LogP contribution in [0, 0.1) is 17.8 Å². The molecule has 1 N–H and O–H groups in total. The summed E-state index contributed by atoms with van der Waals surface area (Å²) in [7, 11) is 1.41. The number of ether oxygens (including phenoxy) is 3. The lowest BCUT2D eigenvalue weighted by molar-refractivity contribution is -0.361. The molecule has 22 heavy (non-hydrogen) atoms. The van der Waals surface area contributed by atoms with Gasteiger partial charge in [-0.3, -0.25) is 4.79 Å². The van der Waals surface area contributed by atoms with E-state index in [2.05, 4.69) is 13.8 Å². The topological polar surface area (TPSA) is 65.0 Å². The smallest absolute Gasteiger partial charge is 0.311 e. The SMILES string of the molecule is CC[C@@H]1O[C@@]2(CC[C@H]1O)O[C@H]([C@@H](C)C(=O)OC)[C@@H](C)CC2C. The largest absolute Gasteiger partial charge is 0.469 e. The Labute approximate surface area is 133 Å². The zero-order valence-corrected chi connectivity index (χ0v) is 14.4. The number of hydrogen-bond donors (Lipinski definition) is 1. The fourth-order valence-corrected chi connectivity index (χ4v) is 3.98. The zero-order valence-electron chi connectivity index (χ0n) is 14.4. The average molecular weight is 314 g/mol. The number of rotatable bonds is 3. The zero-order chi connectivity index (χ0) is 16.5. The van der Waals surface area contributed by atoms with Crippen LogP contribution >= 0.6 is 0 Å². The first-order valence-corrected chi connectivity index (χ1v) is 8.46. The summed E-state index contributed by atoms with van der Waals surface area (Å²) in [6.07, 6.45) is 2.21. The van der Waals surface area contributed by atoms with Gasteiger partial charge in [0.25, 0.3) is 0 Å². The highest BCUT2D eigenvalue weighted by Gasteiger charge is 2.52. The minimum Gasteiger partial charge on any atom is -0.469 e. The molecule has 5 nitrogen and oxygen atoms in total. The second kappa shape index (κ2) is 6.85. The number of aliphatic hydroxyl groups is 1. The average Bonchev–Trinajstić information content (AvgIpc) is 2.51. The predicted molar refractivity (Wildman–Crippen MR) is 82.1 cm³/mol. The molecule has 0 aliphatic carbocycles. The molecule has 2 aliphatic heterocycles. The van der Waals surface area contributed by atoms with Crippen molar-refractivity contribution in [2.75, 3.05) is 7.11 Å². The minimum atomic E-state index is -0.681. The lowest BCUT2D eigenvalue weighted by Gasteiger charge is -2.53. The second-order valence-corrected chi connectivity index (χ2v) is 6.99. The van der Waals surface area contributed by atoms with E-state index >= 15 is 0 Å². The number of aliphatic hydroxyl groups excluding tert-OH is 1. The normalized spacial score (nSPS) is 43.8. The third-order valence-corrected chi connectivity index (χ3v) is 5.41. The number of esters is 1. The molecule has 2 fully saturated rings. The Kier molecular flexibility index (Phi) is 5.51. The molecule has 0 saturated carbocycles. The summed E-state index contributed by atoms with van der Waals surface area (Å²) in [6.45, 7) is 8.12. The number of carbonyl (C=O) groups is 1. The van der Waals surface area contributed by atoms with Crippen LogP contribution in [0.3, 0.4) is 0 Å². The van der Waals surface area contributed by atoms with Crippen molar-refractivity contribution in [2.45, 2.75) is 77.5 Å². The molecule has 2 saturated heterocycles. The summed E-state index contributed by atoms with van der Waals surface area (Å²) >= 11 is 0. The number of carbonyl (C=O) groups excluding carboxylic acids is 1. The molecule has 1 unspecified atom stereocenters. The first kappa shape index (κ1) is 17.7. The highest BCUT2D eigenvalue weighted by Crippen LogP contribution is 2.46. The Morgan fingerprint density at radius 3 is 2.68 bits per heavy atom. The lowest BCUT2D eigenvalue weighted by Crippen LogP contribution is -2.59. The van der Waals surface area contributed by atoms with Crippen LogP contribution in [0.5, 0.6) is 0 Å². The van der Waals surface area contributed by atoms with Gasteiger partial charge >= 0.3 is 5.97 Å². The predicted octanol–water partition coefficient (Wildman–Crippen LogP) is 2.50. The van der Waals surface area contributed by atoms with Crippen molar-refractivity contribution in [1.82, 2.24) is 0 Å². The molecule has 0 amide bonds. The van der Waals surface area contributed by atoms with E-state index in [0.717, 1.165) is 12.8 Å². The van der Waals surface area contributed by atoms with Crippen molar-refractivity contribution in [2.24, 2.45) is 17.8 Å². The third-order valence-electron chi connectivity index (χ3n) is 5.41. The van der Waals surface area contributed by atoms with Gasteiger partial charge in [-0.1, -0.05) is 20.8 Å². The molecular weight excluding hydrogens is 284 g/mol.